The molecule has 0 radical (unpaired) electrons. The second-order valence-electron chi connectivity index (χ2n) is 14.1. The van der Waals surface area contributed by atoms with Crippen molar-refractivity contribution in [3.8, 4) is 0 Å². The van der Waals surface area contributed by atoms with Crippen LogP contribution < -0.4 is 16.7 Å². The number of nitrogens with zero attached hydrogens (tertiary/aromatic N) is 4. The molecule has 3 aromatic rings. The molecule has 0 spiro atoms. The van der Waals surface area contributed by atoms with E-state index in [1.54, 1.807) is 7.11 Å². The van der Waals surface area contributed by atoms with Crippen LogP contribution in [-0.4, -0.2) is 80.5 Å². The zero-order chi connectivity index (χ0) is 33.9. The number of carbonyl (C=O) groups excluding carboxylic acids is 1. The van der Waals surface area contributed by atoms with Gasteiger partial charge in [0.2, 0.25) is 5.91 Å². The molecule has 0 bridgehead atoms. The number of benzene rings is 1. The maximum absolute atomic E-state index is 13.3. The fourth-order valence-electron chi connectivity index (χ4n) is 7.35. The molecule has 258 valence electrons. The van der Waals surface area contributed by atoms with Crippen LogP contribution in [0.4, 0.5) is 0 Å². The van der Waals surface area contributed by atoms with Crippen LogP contribution in [0, 0.1) is 11.8 Å². The number of H-pyrrole nitrogens is 2. The Kier molecular flexibility index (Phi) is 10.6. The Hall–Kier alpha value is -3.68. The lowest BCUT2D eigenvalue weighted by Gasteiger charge is -2.28. The molecule has 2 aliphatic heterocycles. The Bertz CT molecular complexity index is 1690. The monoisotopic (exact) mass is 657 g/mol. The van der Waals surface area contributed by atoms with Crippen LogP contribution in [0.15, 0.2) is 40.9 Å². The summed E-state index contributed by atoms with van der Waals surface area (Å²) in [7, 11) is 1.67. The zero-order valence-electron chi connectivity index (χ0n) is 28.8. The van der Waals surface area contributed by atoms with Crippen molar-refractivity contribution in [3.63, 3.8) is 0 Å². The number of allylic oxidation sites excluding steroid dienone is 2. The predicted octanol–water partition coefficient (Wildman–Crippen LogP) is 4.88. The van der Waals surface area contributed by atoms with E-state index in [4.69, 9.17) is 25.5 Å². The van der Waals surface area contributed by atoms with Crippen molar-refractivity contribution in [1.82, 2.24) is 35.8 Å². The number of aromatic amines is 2. The van der Waals surface area contributed by atoms with Gasteiger partial charge < -0.3 is 30.6 Å². The number of aliphatic imine (C=N–C) groups is 1. The van der Waals surface area contributed by atoms with E-state index in [0.717, 1.165) is 77.4 Å². The van der Waals surface area contributed by atoms with Gasteiger partial charge in [-0.1, -0.05) is 39.8 Å². The third kappa shape index (κ3) is 6.90. The molecule has 7 N–H and O–H groups in total. The molecule has 48 heavy (non-hydrogen) atoms. The topological polar surface area (TPSA) is 170 Å². The molecule has 6 rings (SSSR count). The van der Waals surface area contributed by atoms with Crippen LogP contribution in [0.2, 0.25) is 0 Å². The lowest BCUT2D eigenvalue weighted by atomic mass is 9.86. The summed E-state index contributed by atoms with van der Waals surface area (Å²) in [6.45, 7) is 10.2. The van der Waals surface area contributed by atoms with Crippen LogP contribution in [-0.2, 0) is 9.63 Å². The van der Waals surface area contributed by atoms with Crippen molar-refractivity contribution in [2.24, 2.45) is 22.6 Å². The first kappa shape index (κ1) is 34.2. The predicted molar refractivity (Wildman–Crippen MR) is 188 cm³/mol. The van der Waals surface area contributed by atoms with Gasteiger partial charge in [0.25, 0.3) is 0 Å². The number of hydroxylamine groups is 2. The summed E-state index contributed by atoms with van der Waals surface area (Å²) in [5, 5.41) is 9.63. The maximum Gasteiger partial charge on any atom is 0.242 e. The Balaban J connectivity index is 1.20. The number of hydrogen-bond acceptors (Lipinski definition) is 9. The number of nitrogens with one attached hydrogen (secondary N) is 4. The van der Waals surface area contributed by atoms with Crippen molar-refractivity contribution in [1.29, 1.82) is 0 Å². The van der Waals surface area contributed by atoms with Gasteiger partial charge in [-0.3, -0.25) is 9.79 Å². The largest absolute Gasteiger partial charge is 0.345 e. The van der Waals surface area contributed by atoms with E-state index in [1.807, 2.05) is 24.8 Å². The van der Waals surface area contributed by atoms with Crippen molar-refractivity contribution in [2.45, 2.75) is 89.8 Å². The average molecular weight is 658 g/mol. The van der Waals surface area contributed by atoms with Crippen molar-refractivity contribution in [3.05, 3.63) is 64.5 Å². The van der Waals surface area contributed by atoms with Gasteiger partial charge in [0.1, 0.15) is 17.7 Å². The summed E-state index contributed by atoms with van der Waals surface area (Å²) in [6, 6.07) is 5.60. The van der Waals surface area contributed by atoms with Crippen LogP contribution in [0.25, 0.3) is 17.1 Å². The molecular formula is C36H51N9O3. The fraction of sp³-hybridized carbons (Fsp3) is 0.556. The summed E-state index contributed by atoms with van der Waals surface area (Å²) in [6.07, 6.45) is 11.0. The summed E-state index contributed by atoms with van der Waals surface area (Å²) in [4.78, 5) is 42.6. The standard InChI is InChI=1S/C36H51N9O3/c1-20(2)28(44-48-5)18-24(8-6-14-37)34-40-27-13-10-22-16-29(38-19-25(22)33(27)42-34)23-11-12-26-30(17-23)41-35(39-26)31-9-7-15-45(31)36(46)32(43-47)21(3)4/h10-13,16-17,20-21,24-25,28,31-32,43-44,47H,6-9,14-15,18-19,37H2,1-5H3,(H,39,41)(H,40,42)/t24?,25?,28-,31+,32+/m1/s1. The molecule has 2 unspecified atom stereocenters. The van der Waals surface area contributed by atoms with E-state index >= 15 is 0 Å². The molecule has 12 heteroatoms. The van der Waals surface area contributed by atoms with Crippen LogP contribution in [0.5, 0.6) is 0 Å². The van der Waals surface area contributed by atoms with E-state index in [2.05, 4.69) is 65.1 Å². The van der Waals surface area contributed by atoms with E-state index in [0.29, 0.717) is 25.6 Å². The minimum atomic E-state index is -0.644. The molecule has 3 aliphatic rings. The lowest BCUT2D eigenvalue weighted by molar-refractivity contribution is -0.138. The van der Waals surface area contributed by atoms with Gasteiger partial charge in [0, 0.05) is 30.0 Å². The Labute approximate surface area is 282 Å². The number of aromatic nitrogens is 4. The molecule has 1 saturated heterocycles. The number of carbonyl (C=O) groups is 1. The Morgan fingerprint density at radius 1 is 1.17 bits per heavy atom. The first-order valence-electron chi connectivity index (χ1n) is 17.4. The van der Waals surface area contributed by atoms with Gasteiger partial charge in [0.15, 0.2) is 0 Å². The van der Waals surface area contributed by atoms with Gasteiger partial charge in [-0.25, -0.2) is 9.97 Å². The van der Waals surface area contributed by atoms with Crippen LogP contribution in [0.1, 0.15) is 106 Å². The van der Waals surface area contributed by atoms with Crippen molar-refractivity contribution < 1.29 is 14.8 Å². The maximum atomic E-state index is 13.3. The summed E-state index contributed by atoms with van der Waals surface area (Å²) in [5.74, 6) is 2.42. The number of nitrogens with two attached hydrogens (primary N) is 1. The van der Waals surface area contributed by atoms with E-state index in [1.165, 1.54) is 5.57 Å². The van der Waals surface area contributed by atoms with Crippen LogP contribution in [0.3, 0.4) is 0 Å². The number of likely N-dealkylation sites (tertiary alicyclic amines) is 1. The Morgan fingerprint density at radius 3 is 2.73 bits per heavy atom. The highest BCUT2D eigenvalue weighted by Crippen LogP contribution is 2.38. The molecule has 4 heterocycles. The fourth-order valence-corrected chi connectivity index (χ4v) is 7.35. The number of rotatable bonds is 14. The number of fused-ring (bicyclic) bond motifs is 4. The SMILES string of the molecule is CON[C@H](CC(CCCN)c1nc2c([nH]1)C1CN=C(c3ccc4nc([C@@H]5CCCN5C(=O)[C@@H](NO)C(C)C)[nH]c4c3)C=C1C=C2)C(C)C. The molecular weight excluding hydrogens is 606 g/mol. The number of imidazole rings is 2. The smallest absolute Gasteiger partial charge is 0.242 e. The number of amides is 1. The number of hydrogen-bond donors (Lipinski definition) is 6. The van der Waals surface area contributed by atoms with Gasteiger partial charge in [-0.15, -0.1) is 0 Å². The second kappa shape index (κ2) is 14.8. The third-order valence-electron chi connectivity index (χ3n) is 10.2. The highest BCUT2D eigenvalue weighted by atomic mass is 16.6. The third-order valence-corrected chi connectivity index (χ3v) is 10.2. The quantitative estimate of drug-likeness (QED) is 0.133. The number of dihydropyridines is 1. The summed E-state index contributed by atoms with van der Waals surface area (Å²) < 4.78 is 0. The van der Waals surface area contributed by atoms with Crippen molar-refractivity contribution in [2.75, 3.05) is 26.7 Å². The molecule has 0 saturated carbocycles. The van der Waals surface area contributed by atoms with Gasteiger partial charge in [-0.2, -0.15) is 11.0 Å². The first-order chi connectivity index (χ1) is 23.2. The first-order valence-corrected chi connectivity index (χ1v) is 17.4. The van der Waals surface area contributed by atoms with E-state index in [9.17, 15) is 10.0 Å². The molecule has 2 aromatic heterocycles. The minimum absolute atomic E-state index is 0.0350. The van der Waals surface area contributed by atoms with Gasteiger partial charge >= 0.3 is 0 Å². The van der Waals surface area contributed by atoms with Crippen molar-refractivity contribution >= 4 is 28.7 Å². The molecule has 12 nitrogen and oxygen atoms in total. The summed E-state index contributed by atoms with van der Waals surface area (Å²) >= 11 is 0. The van der Waals surface area contributed by atoms with Gasteiger partial charge in [-0.05, 0) is 80.3 Å². The van der Waals surface area contributed by atoms with E-state index in [-0.39, 0.29) is 35.7 Å². The minimum Gasteiger partial charge on any atom is -0.345 e. The van der Waals surface area contributed by atoms with E-state index < -0.39 is 6.04 Å². The molecule has 1 fully saturated rings. The molecule has 1 aliphatic carbocycles. The molecule has 1 amide bonds. The normalized spacial score (nSPS) is 21.0. The highest BCUT2D eigenvalue weighted by molar-refractivity contribution is 6.11. The lowest BCUT2D eigenvalue weighted by Crippen LogP contribution is -2.48. The second-order valence-corrected chi connectivity index (χ2v) is 14.1. The highest BCUT2D eigenvalue weighted by Gasteiger charge is 2.37. The Morgan fingerprint density at radius 2 is 2.00 bits per heavy atom. The summed E-state index contributed by atoms with van der Waals surface area (Å²) in [5.41, 5.74) is 18.4. The zero-order valence-corrected chi connectivity index (χ0v) is 28.8. The molecule has 5 atom stereocenters. The van der Waals surface area contributed by atoms with Gasteiger partial charge in [0.05, 0.1) is 47.8 Å². The van der Waals surface area contributed by atoms with Crippen LogP contribution >= 0.6 is 0 Å². The average Bonchev–Trinajstić information content (AvgIpc) is 3.83. The molecule has 1 aromatic carbocycles.